The SMILES string of the molecule is CN/C=C(\C=N)[C@H]1C[C@@H]1C(=O)Nc1cc2cc(Cl)cc(N=C(c3ccccc3)c3ccccc3)c2nn1. The Morgan fingerprint density at radius 2 is 1.68 bits per heavy atom. The molecule has 0 saturated heterocycles. The van der Waals surface area contributed by atoms with Crippen molar-refractivity contribution in [3.05, 3.63) is 107 Å². The topological polar surface area (TPSA) is 103 Å². The van der Waals surface area contributed by atoms with Gasteiger partial charge in [0.1, 0.15) is 5.52 Å². The first kappa shape index (κ1) is 24.3. The van der Waals surface area contributed by atoms with Crippen molar-refractivity contribution in [2.75, 3.05) is 12.4 Å². The van der Waals surface area contributed by atoms with Crippen LogP contribution in [0, 0.1) is 17.2 Å². The van der Waals surface area contributed by atoms with Gasteiger partial charge in [0.2, 0.25) is 5.91 Å². The summed E-state index contributed by atoms with van der Waals surface area (Å²) in [6.45, 7) is 0. The number of hydrogen-bond acceptors (Lipinski definition) is 6. The van der Waals surface area contributed by atoms with Crippen molar-refractivity contribution in [3.8, 4) is 0 Å². The van der Waals surface area contributed by atoms with Gasteiger partial charge in [-0.2, -0.15) is 0 Å². The Morgan fingerprint density at radius 3 is 2.30 bits per heavy atom. The second kappa shape index (κ2) is 10.7. The van der Waals surface area contributed by atoms with E-state index in [4.69, 9.17) is 22.0 Å². The van der Waals surface area contributed by atoms with E-state index in [0.29, 0.717) is 28.5 Å². The van der Waals surface area contributed by atoms with Gasteiger partial charge in [-0.05, 0) is 36.1 Å². The molecule has 3 aromatic carbocycles. The maximum absolute atomic E-state index is 12.8. The molecule has 37 heavy (non-hydrogen) atoms. The molecule has 0 unspecified atom stereocenters. The summed E-state index contributed by atoms with van der Waals surface area (Å²) in [5, 5.41) is 23.2. The molecule has 1 aliphatic carbocycles. The molecule has 5 rings (SSSR count). The fourth-order valence-electron chi connectivity index (χ4n) is 4.35. The summed E-state index contributed by atoms with van der Waals surface area (Å²) in [6, 6.07) is 25.2. The van der Waals surface area contributed by atoms with Crippen LogP contribution in [0.2, 0.25) is 5.02 Å². The molecule has 0 aliphatic heterocycles. The molecule has 2 atom stereocenters. The highest BCUT2D eigenvalue weighted by Crippen LogP contribution is 2.44. The number of nitrogens with zero attached hydrogens (tertiary/aromatic N) is 3. The Hall–Kier alpha value is -4.36. The number of amides is 1. The summed E-state index contributed by atoms with van der Waals surface area (Å²) in [5.41, 5.74) is 4.70. The van der Waals surface area contributed by atoms with Gasteiger partial charge in [-0.15, -0.1) is 10.2 Å². The van der Waals surface area contributed by atoms with E-state index < -0.39 is 0 Å². The van der Waals surface area contributed by atoms with Gasteiger partial charge >= 0.3 is 0 Å². The van der Waals surface area contributed by atoms with Crippen LogP contribution in [0.3, 0.4) is 0 Å². The third-order valence-corrected chi connectivity index (χ3v) is 6.46. The Morgan fingerprint density at radius 1 is 1.00 bits per heavy atom. The van der Waals surface area contributed by atoms with Crippen molar-refractivity contribution >= 4 is 51.8 Å². The first-order valence-corrected chi connectivity index (χ1v) is 12.3. The maximum atomic E-state index is 12.8. The first-order valence-electron chi connectivity index (χ1n) is 11.9. The summed E-state index contributed by atoms with van der Waals surface area (Å²) in [7, 11) is 1.78. The number of rotatable bonds is 8. The fraction of sp³-hybridized carbons (Fsp3) is 0.138. The molecular weight excluding hydrogens is 484 g/mol. The lowest BCUT2D eigenvalue weighted by atomic mass is 10.0. The molecule has 1 aliphatic rings. The lowest BCUT2D eigenvalue weighted by Gasteiger charge is -2.10. The zero-order chi connectivity index (χ0) is 25.8. The number of anilines is 1. The molecule has 4 aromatic rings. The molecule has 3 N–H and O–H groups in total. The minimum absolute atomic E-state index is 0.0307. The average Bonchev–Trinajstić information content (AvgIpc) is 3.72. The lowest BCUT2D eigenvalue weighted by molar-refractivity contribution is -0.117. The zero-order valence-corrected chi connectivity index (χ0v) is 20.9. The highest BCUT2D eigenvalue weighted by Gasteiger charge is 2.44. The average molecular weight is 509 g/mol. The molecule has 0 spiro atoms. The van der Waals surface area contributed by atoms with E-state index >= 15 is 0 Å². The predicted octanol–water partition coefficient (Wildman–Crippen LogP) is 5.78. The van der Waals surface area contributed by atoms with Gasteiger partial charge in [-0.1, -0.05) is 72.3 Å². The van der Waals surface area contributed by atoms with Crippen LogP contribution in [-0.4, -0.2) is 35.1 Å². The smallest absolute Gasteiger partial charge is 0.229 e. The van der Waals surface area contributed by atoms with E-state index in [1.807, 2.05) is 60.7 Å². The summed E-state index contributed by atoms with van der Waals surface area (Å²) in [6.07, 6.45) is 3.74. The van der Waals surface area contributed by atoms with Crippen LogP contribution in [0.15, 0.2) is 95.6 Å². The van der Waals surface area contributed by atoms with Crippen molar-refractivity contribution in [3.63, 3.8) is 0 Å². The Balaban J connectivity index is 1.47. The number of aromatic nitrogens is 2. The first-order chi connectivity index (χ1) is 18.1. The third kappa shape index (κ3) is 5.42. The number of carbonyl (C=O) groups excluding carboxylic acids is 1. The van der Waals surface area contributed by atoms with E-state index in [1.165, 1.54) is 6.21 Å². The molecule has 8 heteroatoms. The Kier molecular flexibility index (Phi) is 7.05. The number of halogens is 1. The summed E-state index contributed by atoms with van der Waals surface area (Å²) in [5.74, 6) is 0.0413. The van der Waals surface area contributed by atoms with Crippen LogP contribution < -0.4 is 10.6 Å². The number of nitrogens with one attached hydrogen (secondary N) is 3. The van der Waals surface area contributed by atoms with Crippen LogP contribution in [0.5, 0.6) is 0 Å². The van der Waals surface area contributed by atoms with E-state index in [1.54, 1.807) is 31.4 Å². The second-order valence-electron chi connectivity index (χ2n) is 8.80. The highest BCUT2D eigenvalue weighted by atomic mass is 35.5. The van der Waals surface area contributed by atoms with Gasteiger partial charge in [0.05, 0.1) is 11.4 Å². The number of benzene rings is 3. The Labute approximate surface area is 219 Å². The van der Waals surface area contributed by atoms with Crippen LogP contribution in [0.4, 0.5) is 11.5 Å². The van der Waals surface area contributed by atoms with E-state index in [-0.39, 0.29) is 17.7 Å². The molecule has 0 radical (unpaired) electrons. The van der Waals surface area contributed by atoms with E-state index in [0.717, 1.165) is 27.8 Å². The van der Waals surface area contributed by atoms with Crippen LogP contribution in [0.1, 0.15) is 17.5 Å². The minimum atomic E-state index is -0.197. The van der Waals surface area contributed by atoms with E-state index in [9.17, 15) is 4.79 Å². The minimum Gasteiger partial charge on any atom is -0.394 e. The number of hydrogen-bond donors (Lipinski definition) is 3. The van der Waals surface area contributed by atoms with Gasteiger partial charge in [0, 0.05) is 46.9 Å². The van der Waals surface area contributed by atoms with Crippen molar-refractivity contribution in [1.82, 2.24) is 15.5 Å². The quantitative estimate of drug-likeness (QED) is 0.262. The number of allylic oxidation sites excluding steroid dienone is 1. The van der Waals surface area contributed by atoms with Crippen molar-refractivity contribution in [2.45, 2.75) is 6.42 Å². The standard InChI is InChI=1S/C29H25ClN6O/c1-32-17-21(16-31)23-15-24(23)29(37)34-26-13-20-12-22(30)14-25(28(20)36-35-26)33-27(18-8-4-2-5-9-18)19-10-6-3-7-11-19/h2-14,16-17,23-24,31-32H,15H2,1H3,(H,34,35,37)/b21-17+,31-16?/t23-,24+/m1/s1. The predicted molar refractivity (Wildman–Crippen MR) is 149 cm³/mol. The van der Waals surface area contributed by atoms with E-state index in [2.05, 4.69) is 20.8 Å². The summed E-state index contributed by atoms with van der Waals surface area (Å²) in [4.78, 5) is 17.8. The highest BCUT2D eigenvalue weighted by molar-refractivity contribution is 6.32. The molecule has 0 bridgehead atoms. The number of carbonyl (C=O) groups is 1. The second-order valence-corrected chi connectivity index (χ2v) is 9.24. The van der Waals surface area contributed by atoms with Gasteiger partial charge in [0.15, 0.2) is 5.82 Å². The maximum Gasteiger partial charge on any atom is 0.229 e. The molecule has 7 nitrogen and oxygen atoms in total. The van der Waals surface area contributed by atoms with Gasteiger partial charge in [0.25, 0.3) is 0 Å². The molecule has 1 aromatic heterocycles. The molecule has 1 fully saturated rings. The van der Waals surface area contributed by atoms with Crippen LogP contribution in [-0.2, 0) is 4.79 Å². The number of fused-ring (bicyclic) bond motifs is 1. The molecule has 184 valence electrons. The summed E-state index contributed by atoms with van der Waals surface area (Å²) < 4.78 is 0. The molecule has 1 saturated carbocycles. The fourth-order valence-corrected chi connectivity index (χ4v) is 4.57. The van der Waals surface area contributed by atoms with Crippen LogP contribution >= 0.6 is 11.6 Å². The largest absolute Gasteiger partial charge is 0.394 e. The van der Waals surface area contributed by atoms with Crippen LogP contribution in [0.25, 0.3) is 10.9 Å². The monoisotopic (exact) mass is 508 g/mol. The van der Waals surface area contributed by atoms with Crippen molar-refractivity contribution in [2.24, 2.45) is 16.8 Å². The van der Waals surface area contributed by atoms with Crippen molar-refractivity contribution in [1.29, 1.82) is 5.41 Å². The lowest BCUT2D eigenvalue weighted by Crippen LogP contribution is -2.17. The van der Waals surface area contributed by atoms with Gasteiger partial charge in [-0.25, -0.2) is 4.99 Å². The molecular formula is C29H25ClN6O. The Bertz CT molecular complexity index is 1480. The zero-order valence-electron chi connectivity index (χ0n) is 20.1. The van der Waals surface area contributed by atoms with Gasteiger partial charge in [-0.3, -0.25) is 4.79 Å². The summed E-state index contributed by atoms with van der Waals surface area (Å²) >= 11 is 6.48. The normalized spacial score (nSPS) is 16.6. The molecule has 1 amide bonds. The third-order valence-electron chi connectivity index (χ3n) is 6.25. The van der Waals surface area contributed by atoms with Crippen molar-refractivity contribution < 1.29 is 4.79 Å². The van der Waals surface area contributed by atoms with Gasteiger partial charge < -0.3 is 16.0 Å². The molecule has 1 heterocycles. The number of aliphatic imine (C=N–C) groups is 1.